The summed E-state index contributed by atoms with van der Waals surface area (Å²) in [5.41, 5.74) is 0.334. The van der Waals surface area contributed by atoms with Gasteiger partial charge in [-0.05, 0) is 42.8 Å². The van der Waals surface area contributed by atoms with Gasteiger partial charge in [-0.3, -0.25) is 14.6 Å². The lowest BCUT2D eigenvalue weighted by atomic mass is 10.0. The first kappa shape index (κ1) is 24.2. The van der Waals surface area contributed by atoms with Gasteiger partial charge in [0.25, 0.3) is 5.91 Å². The van der Waals surface area contributed by atoms with E-state index in [0.29, 0.717) is 18.9 Å². The average Bonchev–Trinajstić information content (AvgIpc) is 2.88. The van der Waals surface area contributed by atoms with Crippen molar-refractivity contribution in [2.45, 2.75) is 19.0 Å². The molecular weight excluding hydrogens is 459 g/mol. The zero-order valence-corrected chi connectivity index (χ0v) is 19.0. The van der Waals surface area contributed by atoms with E-state index in [1.807, 2.05) is 17.0 Å². The lowest BCUT2D eigenvalue weighted by molar-refractivity contribution is -0.138. The highest BCUT2D eigenvalue weighted by Crippen LogP contribution is 2.32. The zero-order valence-electron chi connectivity index (χ0n) is 19.0. The Bertz CT molecular complexity index is 1180. The number of pyridine rings is 2. The van der Waals surface area contributed by atoms with E-state index in [9.17, 15) is 22.8 Å². The topological polar surface area (TPSA) is 78.4 Å². The minimum atomic E-state index is -4.59. The summed E-state index contributed by atoms with van der Waals surface area (Å²) in [6, 6.07) is 12.0. The number of hydrogen-bond donors (Lipinski definition) is 1. The van der Waals surface area contributed by atoms with Crippen molar-refractivity contribution in [3.05, 3.63) is 83.8 Å². The molecule has 1 unspecified atom stereocenters. The fraction of sp³-hybridized carbons (Fsp3) is 0.280. The van der Waals surface area contributed by atoms with Crippen molar-refractivity contribution in [3.63, 3.8) is 0 Å². The number of hydrogen-bond acceptors (Lipinski definition) is 5. The van der Waals surface area contributed by atoms with Crippen molar-refractivity contribution in [2.24, 2.45) is 0 Å². The smallest absolute Gasteiger partial charge is 0.367 e. The highest BCUT2D eigenvalue weighted by Gasteiger charge is 2.36. The summed E-state index contributed by atoms with van der Waals surface area (Å²) in [6.45, 7) is 3.25. The fourth-order valence-electron chi connectivity index (χ4n) is 3.92. The normalized spacial score (nSPS) is 15.0. The molecule has 0 bridgehead atoms. The molecule has 1 aromatic carbocycles. The highest BCUT2D eigenvalue weighted by molar-refractivity contribution is 5.96. The van der Waals surface area contributed by atoms with Crippen LogP contribution in [0.3, 0.4) is 0 Å². The van der Waals surface area contributed by atoms with Gasteiger partial charge in [-0.15, -0.1) is 0 Å². The first-order chi connectivity index (χ1) is 16.7. The Balaban J connectivity index is 1.35. The van der Waals surface area contributed by atoms with Gasteiger partial charge in [-0.25, -0.2) is 4.98 Å². The number of nitrogens with one attached hydrogen (secondary N) is 1. The molecule has 0 spiro atoms. The molecule has 0 radical (unpaired) electrons. The molecular formula is C25H24F3N5O2. The molecule has 1 atom stereocenters. The van der Waals surface area contributed by atoms with Crippen LogP contribution in [0.5, 0.6) is 0 Å². The van der Waals surface area contributed by atoms with E-state index >= 15 is 0 Å². The number of piperazine rings is 1. The average molecular weight is 483 g/mol. The van der Waals surface area contributed by atoms with Gasteiger partial charge < -0.3 is 15.1 Å². The Hall–Kier alpha value is -3.95. The SMILES string of the molecule is CC(C(=O)Nc1ccc(N2CCN(C(=O)c3ccccc3C(F)(F)F)CC2)cn1)c1cccnc1. The van der Waals surface area contributed by atoms with Gasteiger partial charge in [0.2, 0.25) is 5.91 Å². The maximum atomic E-state index is 13.3. The summed E-state index contributed by atoms with van der Waals surface area (Å²) in [7, 11) is 0. The predicted octanol–water partition coefficient (Wildman–Crippen LogP) is 4.20. The van der Waals surface area contributed by atoms with E-state index in [-0.39, 0.29) is 24.6 Å². The van der Waals surface area contributed by atoms with Gasteiger partial charge in [0, 0.05) is 38.6 Å². The molecule has 10 heteroatoms. The van der Waals surface area contributed by atoms with Crippen LogP contribution in [-0.4, -0.2) is 52.9 Å². The molecule has 7 nitrogen and oxygen atoms in total. The number of carbonyl (C=O) groups is 2. The largest absolute Gasteiger partial charge is 0.417 e. The quantitative estimate of drug-likeness (QED) is 0.589. The van der Waals surface area contributed by atoms with E-state index < -0.39 is 23.6 Å². The van der Waals surface area contributed by atoms with Crippen LogP contribution in [0.4, 0.5) is 24.7 Å². The van der Waals surface area contributed by atoms with Gasteiger partial charge >= 0.3 is 6.18 Å². The fourth-order valence-corrected chi connectivity index (χ4v) is 3.92. The zero-order chi connectivity index (χ0) is 25.0. The van der Waals surface area contributed by atoms with Crippen LogP contribution in [0.25, 0.3) is 0 Å². The predicted molar refractivity (Wildman–Crippen MR) is 125 cm³/mol. The Morgan fingerprint density at radius 1 is 0.971 bits per heavy atom. The summed E-state index contributed by atoms with van der Waals surface area (Å²) in [5.74, 6) is -0.814. The molecule has 2 amide bonds. The van der Waals surface area contributed by atoms with Gasteiger partial charge in [-0.1, -0.05) is 18.2 Å². The van der Waals surface area contributed by atoms with Crippen molar-refractivity contribution >= 4 is 23.3 Å². The van der Waals surface area contributed by atoms with E-state index in [2.05, 4.69) is 15.3 Å². The van der Waals surface area contributed by atoms with Crippen LogP contribution in [0.15, 0.2) is 67.1 Å². The molecule has 1 aliphatic heterocycles. The third-order valence-corrected chi connectivity index (χ3v) is 5.97. The van der Waals surface area contributed by atoms with Crippen LogP contribution < -0.4 is 10.2 Å². The van der Waals surface area contributed by atoms with E-state index in [0.717, 1.165) is 17.3 Å². The summed E-state index contributed by atoms with van der Waals surface area (Å²) >= 11 is 0. The molecule has 2 aromatic heterocycles. The lowest BCUT2D eigenvalue weighted by Gasteiger charge is -2.36. The van der Waals surface area contributed by atoms with Crippen LogP contribution in [0, 0.1) is 0 Å². The number of halogens is 3. The lowest BCUT2D eigenvalue weighted by Crippen LogP contribution is -2.49. The summed E-state index contributed by atoms with van der Waals surface area (Å²) in [4.78, 5) is 37.0. The Kier molecular flexibility index (Phi) is 6.99. The number of aromatic nitrogens is 2. The van der Waals surface area contributed by atoms with Gasteiger partial charge in [0.1, 0.15) is 5.82 Å². The number of alkyl halides is 3. The van der Waals surface area contributed by atoms with E-state index in [4.69, 9.17) is 0 Å². The second kappa shape index (κ2) is 10.1. The number of benzene rings is 1. The van der Waals surface area contributed by atoms with Crippen molar-refractivity contribution in [1.82, 2.24) is 14.9 Å². The maximum absolute atomic E-state index is 13.3. The van der Waals surface area contributed by atoms with Crippen LogP contribution in [0.1, 0.15) is 34.3 Å². The van der Waals surface area contributed by atoms with Crippen molar-refractivity contribution < 1.29 is 22.8 Å². The molecule has 35 heavy (non-hydrogen) atoms. The number of rotatable bonds is 5. The third-order valence-electron chi connectivity index (χ3n) is 5.97. The molecule has 1 aliphatic rings. The molecule has 4 rings (SSSR count). The van der Waals surface area contributed by atoms with E-state index in [1.54, 1.807) is 37.6 Å². The molecule has 3 aromatic rings. The first-order valence-corrected chi connectivity index (χ1v) is 11.1. The van der Waals surface area contributed by atoms with Crippen LogP contribution in [0.2, 0.25) is 0 Å². The number of amides is 2. The summed E-state index contributed by atoms with van der Waals surface area (Å²) in [6.07, 6.45) is 0.325. The highest BCUT2D eigenvalue weighted by atomic mass is 19.4. The van der Waals surface area contributed by atoms with Crippen molar-refractivity contribution in [3.8, 4) is 0 Å². The molecule has 0 aliphatic carbocycles. The molecule has 1 saturated heterocycles. The number of nitrogens with zero attached hydrogens (tertiary/aromatic N) is 4. The van der Waals surface area contributed by atoms with Gasteiger partial charge in [-0.2, -0.15) is 13.2 Å². The molecule has 0 saturated carbocycles. The monoisotopic (exact) mass is 483 g/mol. The molecule has 182 valence electrons. The van der Waals surface area contributed by atoms with Gasteiger partial charge in [0.05, 0.1) is 28.9 Å². The number of anilines is 2. The molecule has 3 heterocycles. The summed E-state index contributed by atoms with van der Waals surface area (Å²) < 4.78 is 39.9. The standard InChI is InChI=1S/C25H24F3N5O2/c1-17(18-5-4-10-29-15-18)23(34)31-22-9-8-19(16-30-22)32-11-13-33(14-12-32)24(35)20-6-2-3-7-21(20)25(26,27)28/h2-10,15-17H,11-14H2,1H3,(H,30,31,34). The first-order valence-electron chi connectivity index (χ1n) is 11.1. The van der Waals surface area contributed by atoms with Crippen molar-refractivity contribution in [2.75, 3.05) is 36.4 Å². The Morgan fingerprint density at radius 2 is 1.71 bits per heavy atom. The van der Waals surface area contributed by atoms with Crippen LogP contribution >= 0.6 is 0 Å². The molecule has 1 fully saturated rings. The number of carbonyl (C=O) groups excluding carboxylic acids is 2. The summed E-state index contributed by atoms with van der Waals surface area (Å²) in [5, 5.41) is 2.79. The van der Waals surface area contributed by atoms with E-state index in [1.165, 1.54) is 23.1 Å². The second-order valence-corrected chi connectivity index (χ2v) is 8.22. The molecule has 1 N–H and O–H groups in total. The second-order valence-electron chi connectivity index (χ2n) is 8.22. The van der Waals surface area contributed by atoms with Gasteiger partial charge in [0.15, 0.2) is 0 Å². The Labute approximate surface area is 200 Å². The van der Waals surface area contributed by atoms with Crippen molar-refractivity contribution in [1.29, 1.82) is 0 Å². The Morgan fingerprint density at radius 3 is 2.34 bits per heavy atom. The maximum Gasteiger partial charge on any atom is 0.417 e. The minimum absolute atomic E-state index is 0.204. The van der Waals surface area contributed by atoms with Crippen LogP contribution in [-0.2, 0) is 11.0 Å². The minimum Gasteiger partial charge on any atom is -0.367 e. The third kappa shape index (κ3) is 5.59.